The molecule has 0 saturated carbocycles. The molecule has 0 saturated heterocycles. The van der Waals surface area contributed by atoms with E-state index in [0.717, 1.165) is 5.56 Å². The smallest absolute Gasteiger partial charge is 0.269 e. The van der Waals surface area contributed by atoms with Crippen LogP contribution in [0, 0.1) is 21.4 Å². The lowest BCUT2D eigenvalue weighted by Gasteiger charge is -2.23. The second-order valence-corrected chi connectivity index (χ2v) is 6.38. The minimum Gasteiger partial charge on any atom is -0.469 e. The maximum absolute atomic E-state index is 12.0. The molecule has 0 fully saturated rings. The van der Waals surface area contributed by atoms with E-state index >= 15 is 0 Å². The van der Waals surface area contributed by atoms with Crippen molar-refractivity contribution in [2.75, 3.05) is 0 Å². The zero-order chi connectivity index (χ0) is 17.8. The van der Waals surface area contributed by atoms with Gasteiger partial charge < -0.3 is 9.73 Å². The minimum absolute atomic E-state index is 0.00808. The average molecular weight is 355 g/mol. The Morgan fingerprint density at radius 1 is 1.40 bits per heavy atom. The Labute approximate surface area is 147 Å². The number of benzene rings is 1. The van der Waals surface area contributed by atoms with Gasteiger partial charge in [0, 0.05) is 24.3 Å². The van der Waals surface area contributed by atoms with Gasteiger partial charge in [-0.15, -0.1) is 11.8 Å². The molecule has 2 aromatic rings. The molecule has 3 rings (SSSR count). The number of nitrogens with zero attached hydrogens (tertiary/aromatic N) is 2. The number of rotatable bonds is 5. The molecule has 0 bridgehead atoms. The number of allylic oxidation sites excluding steroid dienone is 1. The summed E-state index contributed by atoms with van der Waals surface area (Å²) >= 11 is 1.27. The highest BCUT2D eigenvalue weighted by atomic mass is 32.2. The fourth-order valence-electron chi connectivity index (χ4n) is 2.58. The van der Waals surface area contributed by atoms with E-state index in [1.165, 1.54) is 30.2 Å². The molecule has 0 unspecified atom stereocenters. The third-order valence-corrected chi connectivity index (χ3v) is 4.84. The van der Waals surface area contributed by atoms with Gasteiger partial charge in [-0.1, -0.05) is 12.1 Å². The van der Waals surface area contributed by atoms with Crippen LogP contribution >= 0.6 is 11.8 Å². The molecule has 7 nitrogen and oxygen atoms in total. The summed E-state index contributed by atoms with van der Waals surface area (Å²) in [5.74, 6) is 0.357. The molecule has 0 spiro atoms. The van der Waals surface area contributed by atoms with E-state index in [-0.39, 0.29) is 18.0 Å². The minimum atomic E-state index is -0.455. The van der Waals surface area contributed by atoms with Crippen molar-refractivity contribution in [1.29, 1.82) is 5.26 Å². The average Bonchev–Trinajstić information content (AvgIpc) is 3.14. The fourth-order valence-corrected chi connectivity index (χ4v) is 3.60. The van der Waals surface area contributed by atoms with Gasteiger partial charge in [0.05, 0.1) is 33.8 Å². The van der Waals surface area contributed by atoms with Crippen molar-refractivity contribution < 1.29 is 14.1 Å². The summed E-state index contributed by atoms with van der Waals surface area (Å²) in [7, 11) is 0. The summed E-state index contributed by atoms with van der Waals surface area (Å²) < 4.78 is 5.36. The van der Waals surface area contributed by atoms with Crippen molar-refractivity contribution >= 4 is 23.4 Å². The summed E-state index contributed by atoms with van der Waals surface area (Å²) in [6.07, 6.45) is 1.66. The van der Waals surface area contributed by atoms with Crippen LogP contribution in [0.25, 0.3) is 0 Å². The zero-order valence-electron chi connectivity index (χ0n) is 13.0. The van der Waals surface area contributed by atoms with Gasteiger partial charge in [-0.2, -0.15) is 5.26 Å². The standard InChI is InChI=1S/C17H13N3O4S/c18-9-14-13(15-5-2-6-24-15)8-16(21)19-17(14)25-10-11-3-1-4-12(7-11)20(22)23/h1-7,13H,8,10H2,(H,19,21)/t13-/m1/s1. The van der Waals surface area contributed by atoms with Gasteiger partial charge in [0.25, 0.3) is 5.69 Å². The second kappa shape index (κ2) is 7.23. The highest BCUT2D eigenvalue weighted by Gasteiger charge is 2.31. The Balaban J connectivity index is 1.84. The number of nitro benzene ring substituents is 1. The van der Waals surface area contributed by atoms with Crippen LogP contribution in [0.1, 0.15) is 23.7 Å². The zero-order valence-corrected chi connectivity index (χ0v) is 13.8. The molecule has 1 aromatic carbocycles. The van der Waals surface area contributed by atoms with Crippen molar-refractivity contribution in [3.8, 4) is 6.07 Å². The maximum atomic E-state index is 12.0. The summed E-state index contributed by atoms with van der Waals surface area (Å²) in [6.45, 7) is 0. The molecule has 0 aliphatic carbocycles. The Hall–Kier alpha value is -3.05. The fraction of sp³-hybridized carbons (Fsp3) is 0.176. The Bertz CT molecular complexity index is 884. The number of non-ortho nitro benzene ring substituents is 1. The first-order chi connectivity index (χ1) is 12.1. The van der Waals surface area contributed by atoms with Gasteiger partial charge in [-0.05, 0) is 17.7 Å². The highest BCUT2D eigenvalue weighted by Crippen LogP contribution is 2.37. The number of nitro groups is 1. The summed E-state index contributed by atoms with van der Waals surface area (Å²) in [5, 5.41) is 23.6. The van der Waals surface area contributed by atoms with Gasteiger partial charge >= 0.3 is 0 Å². The van der Waals surface area contributed by atoms with Crippen LogP contribution in [0.3, 0.4) is 0 Å². The van der Waals surface area contributed by atoms with Crippen molar-refractivity contribution in [1.82, 2.24) is 5.32 Å². The molecule has 2 heterocycles. The maximum Gasteiger partial charge on any atom is 0.269 e. The quantitative estimate of drug-likeness (QED) is 0.650. The van der Waals surface area contributed by atoms with E-state index in [2.05, 4.69) is 11.4 Å². The number of thioether (sulfide) groups is 1. The van der Waals surface area contributed by atoms with Crippen LogP contribution < -0.4 is 5.32 Å². The molecule has 1 amide bonds. The monoisotopic (exact) mass is 355 g/mol. The van der Waals surface area contributed by atoms with E-state index in [1.54, 1.807) is 24.3 Å². The molecule has 1 aliphatic rings. The number of amides is 1. The van der Waals surface area contributed by atoms with Crippen molar-refractivity contribution in [3.63, 3.8) is 0 Å². The number of nitrogens with one attached hydrogen (secondary N) is 1. The third kappa shape index (κ3) is 3.72. The van der Waals surface area contributed by atoms with E-state index in [1.807, 2.05) is 0 Å². The van der Waals surface area contributed by atoms with Gasteiger partial charge in [0.15, 0.2) is 0 Å². The molecular formula is C17H13N3O4S. The Morgan fingerprint density at radius 3 is 2.92 bits per heavy atom. The molecule has 25 heavy (non-hydrogen) atoms. The van der Waals surface area contributed by atoms with E-state index < -0.39 is 10.8 Å². The second-order valence-electron chi connectivity index (χ2n) is 5.39. The van der Waals surface area contributed by atoms with Crippen LogP contribution in [0.15, 0.2) is 57.7 Å². The largest absolute Gasteiger partial charge is 0.469 e. The molecule has 1 N–H and O–H groups in total. The van der Waals surface area contributed by atoms with Gasteiger partial charge in [-0.25, -0.2) is 0 Å². The first kappa shape index (κ1) is 16.8. The number of hydrogen-bond donors (Lipinski definition) is 1. The van der Waals surface area contributed by atoms with Crippen LogP contribution in [0.4, 0.5) is 5.69 Å². The molecular weight excluding hydrogens is 342 g/mol. The van der Waals surface area contributed by atoms with Crippen molar-refractivity contribution in [2.45, 2.75) is 18.1 Å². The van der Waals surface area contributed by atoms with Crippen molar-refractivity contribution in [3.05, 3.63) is 74.7 Å². The molecule has 8 heteroatoms. The first-order valence-electron chi connectivity index (χ1n) is 7.42. The normalized spacial score (nSPS) is 17.1. The van der Waals surface area contributed by atoms with E-state index in [9.17, 15) is 20.2 Å². The van der Waals surface area contributed by atoms with Gasteiger partial charge in [-0.3, -0.25) is 14.9 Å². The van der Waals surface area contributed by atoms with Crippen LogP contribution in [0.2, 0.25) is 0 Å². The number of nitriles is 1. The van der Waals surface area contributed by atoms with Crippen LogP contribution in [-0.2, 0) is 10.5 Å². The third-order valence-electron chi connectivity index (χ3n) is 3.75. The van der Waals surface area contributed by atoms with Gasteiger partial charge in [0.2, 0.25) is 5.91 Å². The van der Waals surface area contributed by atoms with E-state index in [4.69, 9.17) is 4.42 Å². The number of furan rings is 1. The van der Waals surface area contributed by atoms with Crippen LogP contribution in [0.5, 0.6) is 0 Å². The molecule has 0 radical (unpaired) electrons. The lowest BCUT2D eigenvalue weighted by molar-refractivity contribution is -0.384. The lowest BCUT2D eigenvalue weighted by atomic mass is 9.92. The number of carbonyl (C=O) groups is 1. The summed E-state index contributed by atoms with van der Waals surface area (Å²) in [5.41, 5.74) is 1.18. The molecule has 126 valence electrons. The molecule has 1 aliphatic heterocycles. The Morgan fingerprint density at radius 2 is 2.24 bits per heavy atom. The SMILES string of the molecule is N#CC1=C(SCc2cccc([N+](=O)[O-])c2)NC(=O)C[C@H]1c1ccco1. The van der Waals surface area contributed by atoms with Gasteiger partial charge in [0.1, 0.15) is 5.76 Å². The number of hydrogen-bond acceptors (Lipinski definition) is 6. The van der Waals surface area contributed by atoms with E-state index in [0.29, 0.717) is 22.1 Å². The predicted molar refractivity (Wildman–Crippen MR) is 91.2 cm³/mol. The summed E-state index contributed by atoms with van der Waals surface area (Å²) in [4.78, 5) is 22.4. The highest BCUT2D eigenvalue weighted by molar-refractivity contribution is 8.02. The first-order valence-corrected chi connectivity index (χ1v) is 8.40. The molecule has 1 aromatic heterocycles. The van der Waals surface area contributed by atoms with Crippen LogP contribution in [-0.4, -0.2) is 10.8 Å². The van der Waals surface area contributed by atoms with Crippen molar-refractivity contribution in [2.24, 2.45) is 0 Å². The predicted octanol–water partition coefficient (Wildman–Crippen LogP) is 3.46. The lowest BCUT2D eigenvalue weighted by Crippen LogP contribution is -2.30. The summed E-state index contributed by atoms with van der Waals surface area (Å²) in [6, 6.07) is 11.9. The molecule has 1 atom stereocenters. The topological polar surface area (TPSA) is 109 Å². The number of carbonyl (C=O) groups excluding carboxylic acids is 1. The Kier molecular flexibility index (Phi) is 4.86.